The highest BCUT2D eigenvalue weighted by Crippen LogP contribution is 2.18. The summed E-state index contributed by atoms with van der Waals surface area (Å²) in [6, 6.07) is 4.87. The first kappa shape index (κ1) is 13.0. The molecule has 0 aliphatic carbocycles. The average Bonchev–Trinajstić information content (AvgIpc) is 2.09. The molecule has 0 aliphatic heterocycles. The highest BCUT2D eigenvalue weighted by atomic mass is 35.5. The van der Waals surface area contributed by atoms with Crippen molar-refractivity contribution in [2.24, 2.45) is 10.7 Å². The number of halogens is 2. The Kier molecular flexibility index (Phi) is 3.92. The summed E-state index contributed by atoms with van der Waals surface area (Å²) in [6.07, 6.45) is 0.281. The van der Waals surface area contributed by atoms with Crippen molar-refractivity contribution in [3.8, 4) is 0 Å². The minimum absolute atomic E-state index is 0.112. The minimum Gasteiger partial charge on any atom is -0.387 e. The number of hydrogen-bond donors (Lipinski definition) is 1. The summed E-state index contributed by atoms with van der Waals surface area (Å²) in [5, 5.41) is 0.112. The van der Waals surface area contributed by atoms with E-state index in [1.54, 1.807) is 12.1 Å². The maximum Gasteiger partial charge on any atom is 0.145 e. The van der Waals surface area contributed by atoms with Crippen LogP contribution in [-0.2, 0) is 6.42 Å². The Morgan fingerprint density at radius 3 is 2.62 bits per heavy atom. The van der Waals surface area contributed by atoms with E-state index in [9.17, 15) is 4.39 Å². The van der Waals surface area contributed by atoms with Gasteiger partial charge in [-0.05, 0) is 32.4 Å². The predicted molar refractivity (Wildman–Crippen MR) is 66.5 cm³/mol. The summed E-state index contributed by atoms with van der Waals surface area (Å²) < 4.78 is 13.6. The van der Waals surface area contributed by atoms with Crippen LogP contribution < -0.4 is 5.73 Å². The third kappa shape index (κ3) is 3.81. The van der Waals surface area contributed by atoms with Gasteiger partial charge in [0.2, 0.25) is 0 Å². The lowest BCUT2D eigenvalue weighted by atomic mass is 10.1. The van der Waals surface area contributed by atoms with Crippen LogP contribution in [0, 0.1) is 5.82 Å². The van der Waals surface area contributed by atoms with E-state index in [2.05, 4.69) is 4.99 Å². The fraction of sp³-hybridized carbons (Fsp3) is 0.417. The van der Waals surface area contributed by atoms with Gasteiger partial charge in [-0.15, -0.1) is 0 Å². The molecule has 0 atom stereocenters. The lowest BCUT2D eigenvalue weighted by Gasteiger charge is -2.14. The van der Waals surface area contributed by atoms with Gasteiger partial charge < -0.3 is 5.73 Å². The van der Waals surface area contributed by atoms with Gasteiger partial charge in [-0.2, -0.15) is 0 Å². The second-order valence-corrected chi connectivity index (χ2v) is 5.07. The molecule has 0 aliphatic rings. The Morgan fingerprint density at radius 1 is 1.44 bits per heavy atom. The smallest absolute Gasteiger partial charge is 0.145 e. The molecule has 0 saturated carbocycles. The molecular weight excluding hydrogens is 227 g/mol. The molecule has 0 unspecified atom stereocenters. The topological polar surface area (TPSA) is 38.4 Å². The SMILES string of the molecule is CC(C)(C)N=C(N)Cc1cccc(Cl)c1F. The molecule has 0 bridgehead atoms. The fourth-order valence-corrected chi connectivity index (χ4v) is 1.54. The minimum atomic E-state index is -0.420. The molecule has 2 nitrogen and oxygen atoms in total. The molecule has 0 heterocycles. The van der Waals surface area contributed by atoms with Crippen LogP contribution in [0.5, 0.6) is 0 Å². The molecule has 0 spiro atoms. The molecule has 0 radical (unpaired) electrons. The maximum atomic E-state index is 13.6. The summed E-state index contributed by atoms with van der Waals surface area (Å²) in [4.78, 5) is 4.26. The highest BCUT2D eigenvalue weighted by Gasteiger charge is 2.11. The van der Waals surface area contributed by atoms with Gasteiger partial charge in [0.15, 0.2) is 0 Å². The van der Waals surface area contributed by atoms with Crippen LogP contribution in [-0.4, -0.2) is 11.4 Å². The van der Waals surface area contributed by atoms with E-state index in [0.717, 1.165) is 0 Å². The van der Waals surface area contributed by atoms with Gasteiger partial charge in [0.25, 0.3) is 0 Å². The zero-order valence-corrected chi connectivity index (χ0v) is 10.5. The first-order valence-electron chi connectivity index (χ1n) is 5.06. The molecule has 0 aromatic heterocycles. The summed E-state index contributed by atoms with van der Waals surface area (Å²) in [6.45, 7) is 5.82. The molecule has 0 saturated heterocycles. The number of nitrogens with zero attached hydrogens (tertiary/aromatic N) is 1. The molecule has 1 aromatic carbocycles. The Balaban J connectivity index is 2.90. The first-order valence-corrected chi connectivity index (χ1v) is 5.44. The molecule has 88 valence electrons. The fourth-order valence-electron chi connectivity index (χ4n) is 1.35. The standard InChI is InChI=1S/C12H16ClFN2/c1-12(2,3)16-10(15)7-8-5-4-6-9(13)11(8)14/h4-6H,7H2,1-3H3,(H2,15,16). The number of benzene rings is 1. The van der Waals surface area contributed by atoms with Gasteiger partial charge >= 0.3 is 0 Å². The van der Waals surface area contributed by atoms with Crippen molar-refractivity contribution >= 4 is 17.4 Å². The number of hydrogen-bond acceptors (Lipinski definition) is 1. The van der Waals surface area contributed by atoms with E-state index >= 15 is 0 Å². The normalized spacial score (nSPS) is 12.9. The van der Waals surface area contributed by atoms with Gasteiger partial charge in [-0.25, -0.2) is 4.39 Å². The average molecular weight is 243 g/mol. The summed E-state index contributed by atoms with van der Waals surface area (Å²) in [5.74, 6) is -0.00936. The number of amidine groups is 1. The molecule has 0 amide bonds. The molecule has 16 heavy (non-hydrogen) atoms. The lowest BCUT2D eigenvalue weighted by Crippen LogP contribution is -2.22. The van der Waals surface area contributed by atoms with Crippen molar-refractivity contribution in [1.29, 1.82) is 0 Å². The molecular formula is C12H16ClFN2. The third-order valence-electron chi connectivity index (χ3n) is 1.88. The van der Waals surface area contributed by atoms with E-state index in [1.807, 2.05) is 20.8 Å². The van der Waals surface area contributed by atoms with Gasteiger partial charge in [0, 0.05) is 6.42 Å². The van der Waals surface area contributed by atoms with E-state index in [-0.39, 0.29) is 17.0 Å². The van der Waals surface area contributed by atoms with Crippen LogP contribution in [0.2, 0.25) is 5.02 Å². The number of rotatable bonds is 2. The van der Waals surface area contributed by atoms with Crippen LogP contribution in [0.25, 0.3) is 0 Å². The lowest BCUT2D eigenvalue weighted by molar-refractivity contribution is 0.580. The van der Waals surface area contributed by atoms with Crippen molar-refractivity contribution in [3.63, 3.8) is 0 Å². The summed E-state index contributed by atoms with van der Waals surface area (Å²) in [7, 11) is 0. The zero-order chi connectivity index (χ0) is 12.3. The monoisotopic (exact) mass is 242 g/mol. The summed E-state index contributed by atoms with van der Waals surface area (Å²) >= 11 is 5.67. The molecule has 4 heteroatoms. The van der Waals surface area contributed by atoms with Crippen molar-refractivity contribution in [3.05, 3.63) is 34.6 Å². The van der Waals surface area contributed by atoms with Crippen molar-refractivity contribution < 1.29 is 4.39 Å². The highest BCUT2D eigenvalue weighted by molar-refractivity contribution is 6.30. The van der Waals surface area contributed by atoms with E-state index in [1.165, 1.54) is 6.07 Å². The predicted octanol–water partition coefficient (Wildman–Crippen LogP) is 3.18. The zero-order valence-electron chi connectivity index (χ0n) is 9.72. The second-order valence-electron chi connectivity index (χ2n) is 4.66. The Hall–Kier alpha value is -1.09. The van der Waals surface area contributed by atoms with E-state index < -0.39 is 5.82 Å². The Labute approximate surface area is 100 Å². The van der Waals surface area contributed by atoms with Gasteiger partial charge in [-0.1, -0.05) is 23.7 Å². The number of aliphatic imine (C=N–C) groups is 1. The summed E-state index contributed by atoms with van der Waals surface area (Å²) in [5.41, 5.74) is 5.97. The van der Waals surface area contributed by atoms with Crippen LogP contribution in [0.15, 0.2) is 23.2 Å². The molecule has 1 aromatic rings. The van der Waals surface area contributed by atoms with Crippen LogP contribution in [0.3, 0.4) is 0 Å². The van der Waals surface area contributed by atoms with Crippen LogP contribution in [0.1, 0.15) is 26.3 Å². The largest absolute Gasteiger partial charge is 0.387 e. The third-order valence-corrected chi connectivity index (χ3v) is 2.17. The molecule has 0 fully saturated rings. The second kappa shape index (κ2) is 4.83. The Morgan fingerprint density at radius 2 is 2.06 bits per heavy atom. The van der Waals surface area contributed by atoms with E-state index in [4.69, 9.17) is 17.3 Å². The van der Waals surface area contributed by atoms with E-state index in [0.29, 0.717) is 11.4 Å². The number of nitrogens with two attached hydrogens (primary N) is 1. The van der Waals surface area contributed by atoms with Gasteiger partial charge in [-0.3, -0.25) is 4.99 Å². The van der Waals surface area contributed by atoms with Gasteiger partial charge in [0.05, 0.1) is 16.4 Å². The van der Waals surface area contributed by atoms with Crippen LogP contribution in [0.4, 0.5) is 4.39 Å². The molecule has 2 N–H and O–H groups in total. The van der Waals surface area contributed by atoms with Crippen molar-refractivity contribution in [2.75, 3.05) is 0 Å². The first-order chi connectivity index (χ1) is 7.29. The Bertz CT molecular complexity index is 408. The molecule has 1 rings (SSSR count). The van der Waals surface area contributed by atoms with Crippen LogP contribution >= 0.6 is 11.6 Å². The van der Waals surface area contributed by atoms with Gasteiger partial charge in [0.1, 0.15) is 5.82 Å². The maximum absolute atomic E-state index is 13.6. The quantitative estimate of drug-likeness (QED) is 0.628. The van der Waals surface area contributed by atoms with Crippen molar-refractivity contribution in [2.45, 2.75) is 32.7 Å². The van der Waals surface area contributed by atoms with Crippen molar-refractivity contribution in [1.82, 2.24) is 0 Å².